The van der Waals surface area contributed by atoms with Crippen LogP contribution in [-0.2, 0) is 0 Å². The normalized spacial score (nSPS) is 9.92. The van der Waals surface area contributed by atoms with Gasteiger partial charge in [-0.1, -0.05) is 0 Å². The average Bonchev–Trinajstić information content (AvgIpc) is 1.96. The van der Waals surface area contributed by atoms with Crippen LogP contribution in [0.2, 0.25) is 0 Å². The molecule has 12 heavy (non-hydrogen) atoms. The first-order chi connectivity index (χ1) is 5.52. The van der Waals surface area contributed by atoms with Crippen LogP contribution in [-0.4, -0.2) is 4.92 Å². The molecular weight excluding hydrogens is 249 g/mol. The summed E-state index contributed by atoms with van der Waals surface area (Å²) >= 11 is 6.56. The zero-order chi connectivity index (χ0) is 9.30. The van der Waals surface area contributed by atoms with E-state index in [0.29, 0.717) is 0 Å². The van der Waals surface area contributed by atoms with E-state index in [-0.39, 0.29) is 15.1 Å². The summed E-state index contributed by atoms with van der Waals surface area (Å²) in [4.78, 5) is 9.85. The highest BCUT2D eigenvalue weighted by atomic mass is 79.9. The van der Waals surface area contributed by atoms with Crippen molar-refractivity contribution in [1.82, 2.24) is 0 Å². The fourth-order valence-electron chi connectivity index (χ4n) is 0.694. The van der Waals surface area contributed by atoms with Gasteiger partial charge in [0.1, 0.15) is 10.3 Å². The van der Waals surface area contributed by atoms with Crippen LogP contribution < -0.4 is 0 Å². The molecule has 0 heterocycles. The standard InChI is InChI=1S/C6H3BrFNO2S/c7-6-4(8)1-3(12)2-5(6)9(10)11/h1-2,12H. The molecule has 0 atom stereocenters. The van der Waals surface area contributed by atoms with Gasteiger partial charge in [0.15, 0.2) is 0 Å². The summed E-state index contributed by atoms with van der Waals surface area (Å²) in [6.07, 6.45) is 0. The molecule has 0 amide bonds. The van der Waals surface area contributed by atoms with Crippen LogP contribution in [0.25, 0.3) is 0 Å². The van der Waals surface area contributed by atoms with Gasteiger partial charge in [-0.15, -0.1) is 12.6 Å². The minimum absolute atomic E-state index is 0.148. The molecule has 6 heteroatoms. The first-order valence-electron chi connectivity index (χ1n) is 2.85. The van der Waals surface area contributed by atoms with Gasteiger partial charge in [-0.3, -0.25) is 10.1 Å². The van der Waals surface area contributed by atoms with Crippen molar-refractivity contribution in [3.63, 3.8) is 0 Å². The second kappa shape index (κ2) is 3.40. The molecule has 0 N–H and O–H groups in total. The topological polar surface area (TPSA) is 43.1 Å². The number of rotatable bonds is 1. The Morgan fingerprint density at radius 2 is 2.17 bits per heavy atom. The first-order valence-corrected chi connectivity index (χ1v) is 4.09. The lowest BCUT2D eigenvalue weighted by Crippen LogP contribution is -1.91. The number of hydrogen-bond donors (Lipinski definition) is 1. The van der Waals surface area contributed by atoms with Gasteiger partial charge in [-0.25, -0.2) is 4.39 Å². The lowest BCUT2D eigenvalue weighted by molar-refractivity contribution is -0.386. The second-order valence-electron chi connectivity index (χ2n) is 2.02. The van der Waals surface area contributed by atoms with Crippen LogP contribution in [0.3, 0.4) is 0 Å². The smallest absolute Gasteiger partial charge is 0.258 e. The number of nitrogens with zero attached hydrogens (tertiary/aromatic N) is 1. The molecule has 0 aromatic heterocycles. The fraction of sp³-hybridized carbons (Fsp3) is 0. The van der Waals surface area contributed by atoms with Crippen molar-refractivity contribution in [2.75, 3.05) is 0 Å². The first kappa shape index (κ1) is 9.47. The van der Waals surface area contributed by atoms with Crippen molar-refractivity contribution in [2.45, 2.75) is 4.90 Å². The second-order valence-corrected chi connectivity index (χ2v) is 3.33. The molecule has 0 fully saturated rings. The number of thiol groups is 1. The van der Waals surface area contributed by atoms with Gasteiger partial charge in [0.05, 0.1) is 4.92 Å². The lowest BCUT2D eigenvalue weighted by atomic mass is 10.3. The molecule has 1 aromatic rings. The minimum Gasteiger partial charge on any atom is -0.258 e. The maximum absolute atomic E-state index is 12.8. The van der Waals surface area contributed by atoms with Gasteiger partial charge in [0.2, 0.25) is 0 Å². The Kier molecular flexibility index (Phi) is 2.69. The van der Waals surface area contributed by atoms with E-state index in [9.17, 15) is 14.5 Å². The highest BCUT2D eigenvalue weighted by molar-refractivity contribution is 9.10. The summed E-state index contributed by atoms with van der Waals surface area (Å²) < 4.78 is 12.7. The van der Waals surface area contributed by atoms with Gasteiger partial charge >= 0.3 is 0 Å². The van der Waals surface area contributed by atoms with E-state index in [1.807, 2.05) is 0 Å². The Balaban J connectivity index is 3.37. The number of nitro groups is 1. The number of halogens is 2. The third-order valence-electron chi connectivity index (χ3n) is 1.19. The van der Waals surface area contributed by atoms with E-state index in [1.165, 1.54) is 6.07 Å². The fourth-order valence-corrected chi connectivity index (χ4v) is 1.30. The van der Waals surface area contributed by atoms with Crippen LogP contribution in [0, 0.1) is 15.9 Å². The van der Waals surface area contributed by atoms with Crippen molar-refractivity contribution >= 4 is 34.2 Å². The Labute approximate surface area is 81.3 Å². The summed E-state index contributed by atoms with van der Waals surface area (Å²) in [5.74, 6) is -0.686. The van der Waals surface area contributed by atoms with Crippen LogP contribution in [0.15, 0.2) is 21.5 Å². The van der Waals surface area contributed by atoms with E-state index in [4.69, 9.17) is 0 Å². The van der Waals surface area contributed by atoms with E-state index >= 15 is 0 Å². The highest BCUT2D eigenvalue weighted by Crippen LogP contribution is 2.29. The molecule has 0 saturated carbocycles. The Bertz CT molecular complexity index is 345. The third-order valence-corrected chi connectivity index (χ3v) is 2.23. The van der Waals surface area contributed by atoms with E-state index in [0.717, 1.165) is 6.07 Å². The van der Waals surface area contributed by atoms with E-state index in [2.05, 4.69) is 28.6 Å². The molecule has 0 bridgehead atoms. The predicted molar refractivity (Wildman–Crippen MR) is 48.0 cm³/mol. The Morgan fingerprint density at radius 3 is 2.67 bits per heavy atom. The summed E-state index contributed by atoms with van der Waals surface area (Å²) in [5, 5.41) is 10.3. The average molecular weight is 252 g/mol. The lowest BCUT2D eigenvalue weighted by Gasteiger charge is -1.97. The predicted octanol–water partition coefficient (Wildman–Crippen LogP) is 2.79. The van der Waals surface area contributed by atoms with Gasteiger partial charge in [0, 0.05) is 11.0 Å². The van der Waals surface area contributed by atoms with Gasteiger partial charge in [-0.2, -0.15) is 0 Å². The zero-order valence-corrected chi connectivity index (χ0v) is 8.10. The largest absolute Gasteiger partial charge is 0.287 e. The highest BCUT2D eigenvalue weighted by Gasteiger charge is 2.16. The molecule has 64 valence electrons. The third kappa shape index (κ3) is 1.75. The molecule has 0 aliphatic rings. The summed E-state index contributed by atoms with van der Waals surface area (Å²) in [5.41, 5.74) is -0.319. The van der Waals surface area contributed by atoms with E-state index < -0.39 is 10.7 Å². The van der Waals surface area contributed by atoms with Crippen LogP contribution in [0.1, 0.15) is 0 Å². The molecule has 0 unspecified atom stereocenters. The van der Waals surface area contributed by atoms with Gasteiger partial charge in [-0.05, 0) is 22.0 Å². The van der Waals surface area contributed by atoms with Crippen molar-refractivity contribution < 1.29 is 9.31 Å². The van der Waals surface area contributed by atoms with Crippen molar-refractivity contribution in [1.29, 1.82) is 0 Å². The summed E-state index contributed by atoms with van der Waals surface area (Å²) in [6.45, 7) is 0. The SMILES string of the molecule is O=[N+]([O-])c1cc(S)cc(F)c1Br. The molecule has 1 aromatic carbocycles. The minimum atomic E-state index is -0.686. The number of hydrogen-bond acceptors (Lipinski definition) is 3. The number of nitro benzene ring substituents is 1. The van der Waals surface area contributed by atoms with Crippen molar-refractivity contribution in [3.8, 4) is 0 Å². The Morgan fingerprint density at radius 1 is 1.58 bits per heavy atom. The maximum atomic E-state index is 12.8. The summed E-state index contributed by atoms with van der Waals surface area (Å²) in [7, 11) is 0. The molecule has 0 aliphatic carbocycles. The monoisotopic (exact) mass is 251 g/mol. The number of benzene rings is 1. The molecule has 0 saturated heterocycles. The molecular formula is C6H3BrFNO2S. The van der Waals surface area contributed by atoms with E-state index in [1.54, 1.807) is 0 Å². The van der Waals surface area contributed by atoms with Gasteiger partial charge < -0.3 is 0 Å². The maximum Gasteiger partial charge on any atom is 0.287 e. The molecule has 3 nitrogen and oxygen atoms in total. The van der Waals surface area contributed by atoms with Crippen LogP contribution in [0.5, 0.6) is 0 Å². The van der Waals surface area contributed by atoms with Crippen molar-refractivity contribution in [3.05, 3.63) is 32.5 Å². The molecule has 0 aliphatic heterocycles. The zero-order valence-electron chi connectivity index (χ0n) is 5.62. The molecule has 0 spiro atoms. The molecule has 1 rings (SSSR count). The Hall–Kier alpha value is -0.620. The van der Waals surface area contributed by atoms with Crippen molar-refractivity contribution in [2.24, 2.45) is 0 Å². The quantitative estimate of drug-likeness (QED) is 0.474. The van der Waals surface area contributed by atoms with Crippen LogP contribution in [0.4, 0.5) is 10.1 Å². The summed E-state index contributed by atoms with van der Waals surface area (Å²) in [6, 6.07) is 2.27. The molecule has 0 radical (unpaired) electrons. The van der Waals surface area contributed by atoms with Crippen LogP contribution >= 0.6 is 28.6 Å². The van der Waals surface area contributed by atoms with Gasteiger partial charge in [0.25, 0.3) is 5.69 Å².